The van der Waals surface area contributed by atoms with Gasteiger partial charge in [0.25, 0.3) is 0 Å². The van der Waals surface area contributed by atoms with E-state index in [-0.39, 0.29) is 6.03 Å². The number of rotatable bonds is 2. The number of hydrogen-bond acceptors (Lipinski definition) is 4. The Morgan fingerprint density at radius 3 is 2.86 bits per heavy atom. The van der Waals surface area contributed by atoms with Crippen molar-refractivity contribution < 1.29 is 4.79 Å². The molecule has 22 heavy (non-hydrogen) atoms. The van der Waals surface area contributed by atoms with Gasteiger partial charge in [-0.2, -0.15) is 11.8 Å². The van der Waals surface area contributed by atoms with E-state index in [9.17, 15) is 4.79 Å². The van der Waals surface area contributed by atoms with Gasteiger partial charge in [-0.25, -0.2) is 14.8 Å². The van der Waals surface area contributed by atoms with Gasteiger partial charge in [-0.1, -0.05) is 12.1 Å². The minimum atomic E-state index is -0.0312. The second-order valence-corrected chi connectivity index (χ2v) is 6.32. The van der Waals surface area contributed by atoms with E-state index in [1.165, 1.54) is 0 Å². The predicted octanol–water partition coefficient (Wildman–Crippen LogP) is 3.03. The molecule has 1 aromatic heterocycles. The van der Waals surface area contributed by atoms with Crippen LogP contribution >= 0.6 is 11.8 Å². The van der Waals surface area contributed by atoms with E-state index in [2.05, 4.69) is 15.3 Å². The Balaban J connectivity index is 1.75. The van der Waals surface area contributed by atoms with Crippen LogP contribution in [0.3, 0.4) is 0 Å². The van der Waals surface area contributed by atoms with Crippen LogP contribution in [0.15, 0.2) is 36.5 Å². The number of aryl methyl sites for hydroxylation is 1. The van der Waals surface area contributed by atoms with Crippen molar-refractivity contribution in [2.24, 2.45) is 0 Å². The summed E-state index contributed by atoms with van der Waals surface area (Å²) >= 11 is 1.89. The fourth-order valence-corrected chi connectivity index (χ4v) is 3.25. The summed E-state index contributed by atoms with van der Waals surface area (Å²) < 4.78 is 0. The predicted molar refractivity (Wildman–Crippen MR) is 90.1 cm³/mol. The zero-order valence-electron chi connectivity index (χ0n) is 12.5. The highest BCUT2D eigenvalue weighted by Crippen LogP contribution is 2.21. The van der Waals surface area contributed by atoms with Gasteiger partial charge in [0.15, 0.2) is 0 Å². The SMILES string of the molecule is Cc1nccc(-c2cccc(NC(=O)N3CCSCC3)c2)n1. The van der Waals surface area contributed by atoms with Crippen molar-refractivity contribution in [2.75, 3.05) is 29.9 Å². The molecule has 6 heteroatoms. The number of nitrogens with one attached hydrogen (secondary N) is 1. The monoisotopic (exact) mass is 314 g/mol. The lowest BCUT2D eigenvalue weighted by Gasteiger charge is -2.26. The van der Waals surface area contributed by atoms with Gasteiger partial charge in [0.1, 0.15) is 5.82 Å². The van der Waals surface area contributed by atoms with Gasteiger partial charge in [-0.15, -0.1) is 0 Å². The standard InChI is InChI=1S/C16H18N4OS/c1-12-17-6-5-15(18-12)13-3-2-4-14(11-13)19-16(21)20-7-9-22-10-8-20/h2-6,11H,7-10H2,1H3,(H,19,21). The summed E-state index contributed by atoms with van der Waals surface area (Å²) in [6, 6.07) is 9.59. The van der Waals surface area contributed by atoms with Crippen molar-refractivity contribution >= 4 is 23.5 Å². The molecule has 114 valence electrons. The van der Waals surface area contributed by atoms with Crippen LogP contribution in [0.5, 0.6) is 0 Å². The summed E-state index contributed by atoms with van der Waals surface area (Å²) in [7, 11) is 0. The van der Waals surface area contributed by atoms with Crippen molar-refractivity contribution in [1.82, 2.24) is 14.9 Å². The molecule has 0 aliphatic carbocycles. The molecule has 0 saturated carbocycles. The molecule has 0 unspecified atom stereocenters. The van der Waals surface area contributed by atoms with Gasteiger partial charge in [0.2, 0.25) is 0 Å². The molecule has 2 heterocycles. The lowest BCUT2D eigenvalue weighted by molar-refractivity contribution is 0.217. The zero-order chi connectivity index (χ0) is 15.4. The molecule has 1 aliphatic rings. The normalized spacial score (nSPS) is 14.7. The molecule has 0 atom stereocenters. The van der Waals surface area contributed by atoms with Gasteiger partial charge in [-0.05, 0) is 25.1 Å². The smallest absolute Gasteiger partial charge is 0.321 e. The zero-order valence-corrected chi connectivity index (χ0v) is 13.3. The fourth-order valence-electron chi connectivity index (χ4n) is 2.34. The quantitative estimate of drug-likeness (QED) is 0.925. The highest BCUT2D eigenvalue weighted by Gasteiger charge is 2.16. The largest absolute Gasteiger partial charge is 0.323 e. The van der Waals surface area contributed by atoms with Crippen molar-refractivity contribution in [2.45, 2.75) is 6.92 Å². The number of urea groups is 1. The first-order chi connectivity index (χ1) is 10.7. The van der Waals surface area contributed by atoms with Crippen molar-refractivity contribution in [1.29, 1.82) is 0 Å². The number of benzene rings is 1. The summed E-state index contributed by atoms with van der Waals surface area (Å²) in [5.74, 6) is 2.75. The number of amides is 2. The molecule has 2 amide bonds. The van der Waals surface area contributed by atoms with Crippen LogP contribution in [-0.4, -0.2) is 45.5 Å². The van der Waals surface area contributed by atoms with Crippen molar-refractivity contribution in [3.63, 3.8) is 0 Å². The summed E-state index contributed by atoms with van der Waals surface area (Å²) in [6.07, 6.45) is 1.74. The van der Waals surface area contributed by atoms with Crippen molar-refractivity contribution in [3.05, 3.63) is 42.4 Å². The fraction of sp³-hybridized carbons (Fsp3) is 0.312. The number of anilines is 1. The van der Waals surface area contributed by atoms with Crippen LogP contribution in [0.1, 0.15) is 5.82 Å². The second-order valence-electron chi connectivity index (χ2n) is 5.10. The Morgan fingerprint density at radius 2 is 2.09 bits per heavy atom. The van der Waals surface area contributed by atoms with E-state index in [1.54, 1.807) is 6.20 Å². The molecule has 1 saturated heterocycles. The molecular weight excluding hydrogens is 296 g/mol. The first-order valence-electron chi connectivity index (χ1n) is 7.26. The molecule has 0 bridgehead atoms. The average Bonchev–Trinajstić information content (AvgIpc) is 2.56. The van der Waals surface area contributed by atoms with E-state index >= 15 is 0 Å². The molecule has 1 N–H and O–H groups in total. The Morgan fingerprint density at radius 1 is 1.27 bits per heavy atom. The Hall–Kier alpha value is -2.08. The molecule has 1 fully saturated rings. The Bertz CT molecular complexity index is 671. The third-order valence-corrected chi connectivity index (χ3v) is 4.43. The van der Waals surface area contributed by atoms with E-state index in [0.717, 1.165) is 47.4 Å². The van der Waals surface area contributed by atoms with E-state index in [4.69, 9.17) is 0 Å². The first-order valence-corrected chi connectivity index (χ1v) is 8.41. The topological polar surface area (TPSA) is 58.1 Å². The summed E-state index contributed by atoms with van der Waals surface area (Å²) in [6.45, 7) is 3.48. The molecule has 3 rings (SSSR count). The maximum atomic E-state index is 12.2. The maximum Gasteiger partial charge on any atom is 0.321 e. The lowest BCUT2D eigenvalue weighted by atomic mass is 10.1. The number of nitrogens with zero attached hydrogens (tertiary/aromatic N) is 3. The number of thioether (sulfide) groups is 1. The lowest BCUT2D eigenvalue weighted by Crippen LogP contribution is -2.40. The number of carbonyl (C=O) groups is 1. The average molecular weight is 314 g/mol. The van der Waals surface area contributed by atoms with E-state index in [0.29, 0.717) is 0 Å². The molecule has 1 aromatic carbocycles. The number of hydrogen-bond donors (Lipinski definition) is 1. The Kier molecular flexibility index (Phi) is 4.58. The third-order valence-electron chi connectivity index (χ3n) is 3.48. The van der Waals surface area contributed by atoms with Gasteiger partial charge in [0, 0.05) is 42.0 Å². The Labute approximate surface area is 134 Å². The van der Waals surface area contributed by atoms with Crippen LogP contribution in [0.25, 0.3) is 11.3 Å². The van der Waals surface area contributed by atoms with E-state index in [1.807, 2.05) is 53.9 Å². The van der Waals surface area contributed by atoms with Crippen molar-refractivity contribution in [3.8, 4) is 11.3 Å². The maximum absolute atomic E-state index is 12.2. The minimum Gasteiger partial charge on any atom is -0.323 e. The van der Waals surface area contributed by atoms with Gasteiger partial charge in [0.05, 0.1) is 5.69 Å². The first kappa shape index (κ1) is 14.8. The van der Waals surface area contributed by atoms with Crippen LogP contribution in [0, 0.1) is 6.92 Å². The molecule has 0 radical (unpaired) electrons. The van der Waals surface area contributed by atoms with Gasteiger partial charge < -0.3 is 10.2 Å². The van der Waals surface area contributed by atoms with E-state index < -0.39 is 0 Å². The molecule has 0 spiro atoms. The second kappa shape index (κ2) is 6.79. The highest BCUT2D eigenvalue weighted by atomic mass is 32.2. The molecule has 5 nitrogen and oxygen atoms in total. The summed E-state index contributed by atoms with van der Waals surface area (Å²) in [5, 5.41) is 2.97. The van der Waals surface area contributed by atoms with Gasteiger partial charge in [-0.3, -0.25) is 0 Å². The van der Waals surface area contributed by atoms with Crippen LogP contribution in [0.2, 0.25) is 0 Å². The molecular formula is C16H18N4OS. The third kappa shape index (κ3) is 3.57. The van der Waals surface area contributed by atoms with Crippen LogP contribution < -0.4 is 5.32 Å². The number of aromatic nitrogens is 2. The summed E-state index contributed by atoms with van der Waals surface area (Å²) in [4.78, 5) is 22.6. The number of carbonyl (C=O) groups excluding carboxylic acids is 1. The minimum absolute atomic E-state index is 0.0312. The molecule has 1 aliphatic heterocycles. The molecule has 2 aromatic rings. The van der Waals surface area contributed by atoms with Crippen LogP contribution in [-0.2, 0) is 0 Å². The summed E-state index contributed by atoms with van der Waals surface area (Å²) in [5.41, 5.74) is 2.62. The van der Waals surface area contributed by atoms with Gasteiger partial charge >= 0.3 is 6.03 Å². The van der Waals surface area contributed by atoms with Crippen LogP contribution in [0.4, 0.5) is 10.5 Å². The highest BCUT2D eigenvalue weighted by molar-refractivity contribution is 7.99.